The van der Waals surface area contributed by atoms with E-state index >= 15 is 0 Å². The zero-order chi connectivity index (χ0) is 13.8. The van der Waals surface area contributed by atoms with Gasteiger partial charge in [-0.1, -0.05) is 0 Å². The van der Waals surface area contributed by atoms with Gasteiger partial charge in [-0.3, -0.25) is 4.98 Å². The van der Waals surface area contributed by atoms with E-state index in [1.54, 1.807) is 29.2 Å². The molecule has 0 aromatic carbocycles. The maximum absolute atomic E-state index is 12.0. The lowest BCUT2D eigenvalue weighted by atomic mass is 10.2. The second kappa shape index (κ2) is 5.56. The average Bonchev–Trinajstić information content (AvgIpc) is 2.77. The molecule has 5 heteroatoms. The van der Waals surface area contributed by atoms with E-state index < -0.39 is 0 Å². The molecule has 0 amide bonds. The maximum Gasteiger partial charge on any atom is 0.355 e. The Kier molecular flexibility index (Phi) is 3.85. The first kappa shape index (κ1) is 13.1. The van der Waals surface area contributed by atoms with E-state index in [0.717, 1.165) is 11.1 Å². The third-order valence-electron chi connectivity index (χ3n) is 2.77. The molecule has 2 heterocycles. The summed E-state index contributed by atoms with van der Waals surface area (Å²) in [5, 5.41) is 0. The Labute approximate surface area is 112 Å². The van der Waals surface area contributed by atoms with Crippen LogP contribution in [0.5, 0.6) is 0 Å². The molecule has 0 saturated heterocycles. The molecule has 0 spiro atoms. The third-order valence-corrected chi connectivity index (χ3v) is 2.77. The zero-order valence-corrected chi connectivity index (χ0v) is 11.1. The van der Waals surface area contributed by atoms with Gasteiger partial charge in [0.15, 0.2) is 0 Å². The molecule has 0 atom stereocenters. The minimum absolute atomic E-state index is 0.211. The molecule has 0 aliphatic carbocycles. The van der Waals surface area contributed by atoms with Gasteiger partial charge in [-0.15, -0.1) is 0 Å². The SMILES string of the molecule is CCn1cc(N)cc1C(=O)OCc1cncc(C)c1. The van der Waals surface area contributed by atoms with Crippen molar-refractivity contribution in [2.45, 2.75) is 27.0 Å². The lowest BCUT2D eigenvalue weighted by molar-refractivity contribution is 0.0460. The second-order valence-corrected chi connectivity index (χ2v) is 4.39. The van der Waals surface area contributed by atoms with Crippen LogP contribution in [-0.2, 0) is 17.9 Å². The fourth-order valence-corrected chi connectivity index (χ4v) is 1.88. The smallest absolute Gasteiger partial charge is 0.355 e. The molecule has 0 fully saturated rings. The molecule has 100 valence electrons. The van der Waals surface area contributed by atoms with E-state index in [-0.39, 0.29) is 12.6 Å². The molecule has 2 aromatic rings. The standard InChI is InChI=1S/C14H17N3O2/c1-3-17-8-12(15)5-13(17)14(18)19-9-11-4-10(2)6-16-7-11/h4-8H,3,9,15H2,1-2H3. The fourth-order valence-electron chi connectivity index (χ4n) is 1.88. The summed E-state index contributed by atoms with van der Waals surface area (Å²) in [6.45, 7) is 4.78. The highest BCUT2D eigenvalue weighted by Gasteiger charge is 2.13. The van der Waals surface area contributed by atoms with Crippen LogP contribution in [0.25, 0.3) is 0 Å². The van der Waals surface area contributed by atoms with E-state index in [4.69, 9.17) is 10.5 Å². The van der Waals surface area contributed by atoms with Crippen LogP contribution in [0.1, 0.15) is 28.5 Å². The highest BCUT2D eigenvalue weighted by Crippen LogP contribution is 2.13. The van der Waals surface area contributed by atoms with Crippen LogP contribution in [0.15, 0.2) is 30.7 Å². The molecule has 19 heavy (non-hydrogen) atoms. The van der Waals surface area contributed by atoms with Gasteiger partial charge in [0, 0.05) is 30.7 Å². The van der Waals surface area contributed by atoms with Crippen LogP contribution in [-0.4, -0.2) is 15.5 Å². The van der Waals surface area contributed by atoms with Crippen molar-refractivity contribution >= 4 is 11.7 Å². The number of hydrogen-bond donors (Lipinski definition) is 1. The molecule has 0 unspecified atom stereocenters. The number of carbonyl (C=O) groups excluding carboxylic acids is 1. The summed E-state index contributed by atoms with van der Waals surface area (Å²) in [5.74, 6) is -0.375. The first-order valence-corrected chi connectivity index (χ1v) is 6.13. The summed E-state index contributed by atoms with van der Waals surface area (Å²) in [7, 11) is 0. The van der Waals surface area contributed by atoms with Crippen molar-refractivity contribution in [3.05, 3.63) is 47.5 Å². The number of anilines is 1. The highest BCUT2D eigenvalue weighted by molar-refractivity contribution is 5.89. The molecule has 0 bridgehead atoms. The number of ether oxygens (including phenoxy) is 1. The van der Waals surface area contributed by atoms with E-state index in [9.17, 15) is 4.79 Å². The third kappa shape index (κ3) is 3.13. The summed E-state index contributed by atoms with van der Waals surface area (Å²) in [6, 6.07) is 3.56. The fraction of sp³-hybridized carbons (Fsp3) is 0.286. The monoisotopic (exact) mass is 259 g/mol. The van der Waals surface area contributed by atoms with Gasteiger partial charge in [0.25, 0.3) is 0 Å². The Morgan fingerprint density at radius 1 is 1.42 bits per heavy atom. The lowest BCUT2D eigenvalue weighted by Crippen LogP contribution is -2.11. The van der Waals surface area contributed by atoms with Crippen molar-refractivity contribution < 1.29 is 9.53 Å². The Morgan fingerprint density at radius 2 is 2.21 bits per heavy atom. The van der Waals surface area contributed by atoms with Crippen LogP contribution < -0.4 is 5.73 Å². The summed E-state index contributed by atoms with van der Waals surface area (Å²) < 4.78 is 7.04. The van der Waals surface area contributed by atoms with Gasteiger partial charge in [0.2, 0.25) is 0 Å². The van der Waals surface area contributed by atoms with Crippen molar-refractivity contribution in [3.63, 3.8) is 0 Å². The van der Waals surface area contributed by atoms with Crippen LogP contribution in [0, 0.1) is 6.92 Å². The van der Waals surface area contributed by atoms with Gasteiger partial charge < -0.3 is 15.0 Å². The average molecular weight is 259 g/mol. The maximum atomic E-state index is 12.0. The zero-order valence-electron chi connectivity index (χ0n) is 11.1. The molecule has 0 aliphatic rings. The van der Waals surface area contributed by atoms with E-state index in [1.807, 2.05) is 19.9 Å². The van der Waals surface area contributed by atoms with E-state index in [2.05, 4.69) is 4.98 Å². The Morgan fingerprint density at radius 3 is 2.89 bits per heavy atom. The molecule has 5 nitrogen and oxygen atoms in total. The van der Waals surface area contributed by atoms with E-state index in [1.165, 1.54) is 0 Å². The van der Waals surface area contributed by atoms with Crippen LogP contribution >= 0.6 is 0 Å². The quantitative estimate of drug-likeness (QED) is 0.854. The Bertz CT molecular complexity index is 590. The Balaban J connectivity index is 2.05. The second-order valence-electron chi connectivity index (χ2n) is 4.39. The highest BCUT2D eigenvalue weighted by atomic mass is 16.5. The molecule has 2 N–H and O–H groups in total. The summed E-state index contributed by atoms with van der Waals surface area (Å²) in [4.78, 5) is 16.0. The van der Waals surface area contributed by atoms with Crippen molar-refractivity contribution in [2.24, 2.45) is 0 Å². The van der Waals surface area contributed by atoms with Crippen LogP contribution in [0.4, 0.5) is 5.69 Å². The normalized spacial score (nSPS) is 10.4. The van der Waals surface area contributed by atoms with Crippen molar-refractivity contribution in [1.82, 2.24) is 9.55 Å². The molecule has 0 radical (unpaired) electrons. The summed E-state index contributed by atoms with van der Waals surface area (Å²) in [6.07, 6.45) is 5.17. The number of nitrogens with two attached hydrogens (primary N) is 1. The molecule has 0 saturated carbocycles. The lowest BCUT2D eigenvalue weighted by Gasteiger charge is -2.07. The number of hydrogen-bond acceptors (Lipinski definition) is 4. The minimum Gasteiger partial charge on any atom is -0.456 e. The van der Waals surface area contributed by atoms with Gasteiger partial charge in [-0.25, -0.2) is 4.79 Å². The topological polar surface area (TPSA) is 70.1 Å². The molecule has 0 aliphatic heterocycles. The van der Waals surface area contributed by atoms with Crippen molar-refractivity contribution in [2.75, 3.05) is 5.73 Å². The first-order chi connectivity index (χ1) is 9.10. The molecule has 2 rings (SSSR count). The van der Waals surface area contributed by atoms with Gasteiger partial charge in [0.1, 0.15) is 12.3 Å². The molecule has 2 aromatic heterocycles. The predicted octanol–water partition coefficient (Wildman–Crippen LogP) is 2.15. The summed E-state index contributed by atoms with van der Waals surface area (Å²) in [5.41, 5.74) is 8.62. The summed E-state index contributed by atoms with van der Waals surface area (Å²) >= 11 is 0. The number of aryl methyl sites for hydroxylation is 2. The molecular weight excluding hydrogens is 242 g/mol. The first-order valence-electron chi connectivity index (χ1n) is 6.13. The Hall–Kier alpha value is -2.30. The van der Waals surface area contributed by atoms with E-state index in [0.29, 0.717) is 17.9 Å². The van der Waals surface area contributed by atoms with Crippen LogP contribution in [0.2, 0.25) is 0 Å². The number of esters is 1. The number of pyridine rings is 1. The number of nitrogens with zero attached hydrogens (tertiary/aromatic N) is 2. The van der Waals surface area contributed by atoms with Crippen molar-refractivity contribution in [3.8, 4) is 0 Å². The largest absolute Gasteiger partial charge is 0.456 e. The van der Waals surface area contributed by atoms with Crippen molar-refractivity contribution in [1.29, 1.82) is 0 Å². The van der Waals surface area contributed by atoms with Gasteiger partial charge in [-0.2, -0.15) is 0 Å². The van der Waals surface area contributed by atoms with Crippen LogP contribution in [0.3, 0.4) is 0 Å². The number of nitrogen functional groups attached to an aromatic ring is 1. The van der Waals surface area contributed by atoms with Gasteiger partial charge in [0.05, 0.1) is 5.69 Å². The van der Waals surface area contributed by atoms with Gasteiger partial charge >= 0.3 is 5.97 Å². The number of aromatic nitrogens is 2. The minimum atomic E-state index is -0.375. The predicted molar refractivity (Wildman–Crippen MR) is 72.6 cm³/mol. The van der Waals surface area contributed by atoms with Gasteiger partial charge in [-0.05, 0) is 31.5 Å². The number of rotatable bonds is 4. The molecular formula is C14H17N3O2. The number of carbonyl (C=O) groups is 1.